The molecule has 1 fully saturated rings. The van der Waals surface area contributed by atoms with Gasteiger partial charge in [-0.15, -0.1) is 0 Å². The lowest BCUT2D eigenvalue weighted by atomic mass is 10.1. The molecule has 0 atom stereocenters. The van der Waals surface area contributed by atoms with E-state index in [1.165, 1.54) is 0 Å². The Morgan fingerprint density at radius 3 is 2.76 bits per heavy atom. The Kier molecular flexibility index (Phi) is 3.06. The van der Waals surface area contributed by atoms with E-state index < -0.39 is 10.0 Å². The zero-order chi connectivity index (χ0) is 12.5. The van der Waals surface area contributed by atoms with E-state index >= 15 is 0 Å². The lowest BCUT2D eigenvalue weighted by molar-refractivity contribution is 0.319. The van der Waals surface area contributed by atoms with Gasteiger partial charge in [0.2, 0.25) is 10.0 Å². The molecule has 1 aromatic carbocycles. The molecule has 1 saturated carbocycles. The summed E-state index contributed by atoms with van der Waals surface area (Å²) in [5.41, 5.74) is 1.62. The van der Waals surface area contributed by atoms with Crippen molar-refractivity contribution >= 4 is 21.4 Å². The van der Waals surface area contributed by atoms with Gasteiger partial charge in [0.25, 0.3) is 0 Å². The van der Waals surface area contributed by atoms with Gasteiger partial charge in [-0.1, -0.05) is 17.3 Å². The van der Waals surface area contributed by atoms with Crippen LogP contribution in [-0.4, -0.2) is 24.6 Å². The summed E-state index contributed by atoms with van der Waals surface area (Å²) in [4.78, 5) is 0. The number of rotatable bonds is 4. The van der Waals surface area contributed by atoms with Crippen molar-refractivity contribution in [1.29, 1.82) is 0 Å². The first-order valence-corrected chi connectivity index (χ1v) is 6.88. The summed E-state index contributed by atoms with van der Waals surface area (Å²) in [5.74, 6) is 0. The summed E-state index contributed by atoms with van der Waals surface area (Å²) in [5, 5.41) is 11.5. The molecule has 0 unspecified atom stereocenters. The topological polar surface area (TPSA) is 78.8 Å². The molecule has 92 valence electrons. The molecule has 5 nitrogen and oxygen atoms in total. The first kappa shape index (κ1) is 11.9. The van der Waals surface area contributed by atoms with Gasteiger partial charge in [0.05, 0.1) is 11.0 Å². The number of sulfonamides is 1. The highest BCUT2D eigenvalue weighted by Crippen LogP contribution is 2.29. The second kappa shape index (κ2) is 4.37. The van der Waals surface area contributed by atoms with Crippen molar-refractivity contribution in [2.24, 2.45) is 5.16 Å². The van der Waals surface area contributed by atoms with E-state index in [1.807, 2.05) is 0 Å². The number of nitrogens with zero attached hydrogens (tertiary/aromatic N) is 1. The van der Waals surface area contributed by atoms with Crippen LogP contribution in [0.25, 0.3) is 0 Å². The fourth-order valence-corrected chi connectivity index (χ4v) is 2.87. The van der Waals surface area contributed by atoms with Gasteiger partial charge in [0, 0.05) is 11.3 Å². The van der Waals surface area contributed by atoms with Crippen LogP contribution in [0.2, 0.25) is 0 Å². The van der Waals surface area contributed by atoms with E-state index in [0.29, 0.717) is 17.0 Å². The van der Waals surface area contributed by atoms with E-state index in [1.54, 1.807) is 31.2 Å². The van der Waals surface area contributed by atoms with Gasteiger partial charge in [0.1, 0.15) is 0 Å². The number of nitrogens with one attached hydrogen (secondary N) is 1. The zero-order valence-corrected chi connectivity index (χ0v) is 10.2. The predicted octanol–water partition coefficient (Wildman–Crippen LogP) is 1.79. The van der Waals surface area contributed by atoms with Crippen LogP contribution in [0.4, 0.5) is 5.69 Å². The van der Waals surface area contributed by atoms with Crippen LogP contribution in [0.3, 0.4) is 0 Å². The molecule has 0 saturated heterocycles. The summed E-state index contributed by atoms with van der Waals surface area (Å²) in [6.45, 7) is 1.65. The summed E-state index contributed by atoms with van der Waals surface area (Å²) in [6.07, 6.45) is 1.46. The van der Waals surface area contributed by atoms with E-state index in [-0.39, 0.29) is 5.25 Å². The molecule has 0 heterocycles. The van der Waals surface area contributed by atoms with Gasteiger partial charge < -0.3 is 5.21 Å². The van der Waals surface area contributed by atoms with Crippen molar-refractivity contribution in [2.45, 2.75) is 25.0 Å². The highest BCUT2D eigenvalue weighted by molar-refractivity contribution is 7.93. The molecule has 0 aliphatic heterocycles. The van der Waals surface area contributed by atoms with Gasteiger partial charge in [-0.2, -0.15) is 0 Å². The largest absolute Gasteiger partial charge is 0.411 e. The molecule has 1 aliphatic carbocycles. The van der Waals surface area contributed by atoms with Gasteiger partial charge in [-0.25, -0.2) is 8.42 Å². The smallest absolute Gasteiger partial charge is 0.235 e. The first-order valence-electron chi connectivity index (χ1n) is 5.33. The molecule has 1 aromatic rings. The Morgan fingerprint density at radius 1 is 1.47 bits per heavy atom. The fraction of sp³-hybridized carbons (Fsp3) is 0.364. The molecular weight excluding hydrogens is 240 g/mol. The molecule has 2 N–H and O–H groups in total. The molecule has 0 aromatic heterocycles. The molecule has 6 heteroatoms. The zero-order valence-electron chi connectivity index (χ0n) is 9.42. The maximum Gasteiger partial charge on any atom is 0.235 e. The van der Waals surface area contributed by atoms with Crippen molar-refractivity contribution in [2.75, 3.05) is 4.72 Å². The van der Waals surface area contributed by atoms with Gasteiger partial charge >= 0.3 is 0 Å². The summed E-state index contributed by atoms with van der Waals surface area (Å²) in [7, 11) is -3.24. The normalized spacial score (nSPS) is 16.9. The summed E-state index contributed by atoms with van der Waals surface area (Å²) >= 11 is 0. The van der Waals surface area contributed by atoms with Gasteiger partial charge in [-0.05, 0) is 31.9 Å². The highest BCUT2D eigenvalue weighted by Gasteiger charge is 2.35. The Bertz CT molecular complexity index is 548. The first-order chi connectivity index (χ1) is 8.03. The van der Waals surface area contributed by atoms with Gasteiger partial charge in [-0.3, -0.25) is 4.72 Å². The second-order valence-corrected chi connectivity index (χ2v) is 6.07. The third-order valence-corrected chi connectivity index (χ3v) is 4.52. The minimum Gasteiger partial charge on any atom is -0.411 e. The average Bonchev–Trinajstić information content (AvgIpc) is 3.11. The SMILES string of the molecule is CC(=NO)c1cccc(NS(=O)(=O)C2CC2)c1. The number of oxime groups is 1. The van der Waals surface area contributed by atoms with Crippen LogP contribution in [0.15, 0.2) is 29.4 Å². The van der Waals surface area contributed by atoms with E-state index in [4.69, 9.17) is 5.21 Å². The van der Waals surface area contributed by atoms with Crippen molar-refractivity contribution in [3.05, 3.63) is 29.8 Å². The molecule has 0 spiro atoms. The van der Waals surface area contributed by atoms with Crippen LogP contribution >= 0.6 is 0 Å². The van der Waals surface area contributed by atoms with E-state index in [9.17, 15) is 8.42 Å². The Morgan fingerprint density at radius 2 is 2.18 bits per heavy atom. The maximum atomic E-state index is 11.7. The summed E-state index contributed by atoms with van der Waals surface area (Å²) in [6, 6.07) is 6.79. The molecule has 17 heavy (non-hydrogen) atoms. The number of hydrogen-bond acceptors (Lipinski definition) is 4. The van der Waals surface area contributed by atoms with E-state index in [0.717, 1.165) is 12.8 Å². The minimum atomic E-state index is -3.24. The number of benzene rings is 1. The highest BCUT2D eigenvalue weighted by atomic mass is 32.2. The van der Waals surface area contributed by atoms with Crippen molar-refractivity contribution < 1.29 is 13.6 Å². The molecule has 0 radical (unpaired) electrons. The van der Waals surface area contributed by atoms with E-state index in [2.05, 4.69) is 9.88 Å². The number of hydrogen-bond donors (Lipinski definition) is 2. The van der Waals surface area contributed by atoms with Crippen LogP contribution in [0, 0.1) is 0 Å². The lowest BCUT2D eigenvalue weighted by Gasteiger charge is -2.08. The second-order valence-electron chi connectivity index (χ2n) is 4.11. The molecule has 0 bridgehead atoms. The van der Waals surface area contributed by atoms with Crippen LogP contribution < -0.4 is 4.72 Å². The van der Waals surface area contributed by atoms with Crippen molar-refractivity contribution in [3.8, 4) is 0 Å². The molecular formula is C11H14N2O3S. The monoisotopic (exact) mass is 254 g/mol. The lowest BCUT2D eigenvalue weighted by Crippen LogP contribution is -2.17. The molecule has 1 aliphatic rings. The van der Waals surface area contributed by atoms with Crippen molar-refractivity contribution in [3.63, 3.8) is 0 Å². The molecule has 0 amide bonds. The minimum absolute atomic E-state index is 0.251. The molecule has 2 rings (SSSR count). The third-order valence-electron chi connectivity index (χ3n) is 2.65. The van der Waals surface area contributed by atoms with Gasteiger partial charge in [0.15, 0.2) is 0 Å². The van der Waals surface area contributed by atoms with Crippen LogP contribution in [0.1, 0.15) is 25.3 Å². The quantitative estimate of drug-likeness (QED) is 0.488. The van der Waals surface area contributed by atoms with Crippen LogP contribution in [0.5, 0.6) is 0 Å². The van der Waals surface area contributed by atoms with Crippen LogP contribution in [-0.2, 0) is 10.0 Å². The standard InChI is InChI=1S/C11H14N2O3S/c1-8(12-14)9-3-2-4-10(7-9)13-17(15,16)11-5-6-11/h2-4,7,11,13-14H,5-6H2,1H3. The van der Waals surface area contributed by atoms with Crippen molar-refractivity contribution in [1.82, 2.24) is 0 Å². The Balaban J connectivity index is 2.22. The Labute approximate surface area is 100 Å². The third kappa shape index (κ3) is 2.76. The summed E-state index contributed by atoms with van der Waals surface area (Å²) < 4.78 is 26.0. The fourth-order valence-electron chi connectivity index (χ4n) is 1.49. The maximum absolute atomic E-state index is 11.7. The number of anilines is 1. The average molecular weight is 254 g/mol. The predicted molar refractivity (Wildman–Crippen MR) is 66.0 cm³/mol. The Hall–Kier alpha value is -1.56.